The van der Waals surface area contributed by atoms with Crippen molar-refractivity contribution < 1.29 is 4.79 Å². The molecule has 0 radical (unpaired) electrons. The summed E-state index contributed by atoms with van der Waals surface area (Å²) in [5.74, 6) is 0.358. The molecule has 1 aliphatic rings. The molecular formula is C17H19N7O. The molecule has 1 N–H and O–H groups in total. The monoisotopic (exact) mass is 337 g/mol. The predicted molar refractivity (Wildman–Crippen MR) is 90.1 cm³/mol. The first-order valence-electron chi connectivity index (χ1n) is 8.31. The minimum absolute atomic E-state index is 0.163. The maximum atomic E-state index is 12.5. The Morgan fingerprint density at radius 1 is 1.24 bits per heavy atom. The van der Waals surface area contributed by atoms with Crippen LogP contribution in [0.5, 0.6) is 0 Å². The number of nitrogens with one attached hydrogen (secondary N) is 1. The van der Waals surface area contributed by atoms with E-state index >= 15 is 0 Å². The van der Waals surface area contributed by atoms with Crippen LogP contribution in [-0.4, -0.2) is 41.7 Å². The number of rotatable bonds is 5. The minimum Gasteiger partial charge on any atom is -0.348 e. The van der Waals surface area contributed by atoms with Gasteiger partial charge in [0.2, 0.25) is 0 Å². The molecule has 0 unspecified atom stereocenters. The molecule has 1 saturated carbocycles. The van der Waals surface area contributed by atoms with E-state index in [9.17, 15) is 4.79 Å². The quantitative estimate of drug-likeness (QED) is 0.759. The molecular weight excluding hydrogens is 318 g/mol. The Labute approximate surface area is 144 Å². The van der Waals surface area contributed by atoms with Gasteiger partial charge >= 0.3 is 0 Å². The lowest BCUT2D eigenvalue weighted by Crippen LogP contribution is -2.45. The number of amides is 1. The van der Waals surface area contributed by atoms with E-state index in [2.05, 4.69) is 25.6 Å². The van der Waals surface area contributed by atoms with Crippen molar-refractivity contribution in [1.29, 1.82) is 0 Å². The Balaban J connectivity index is 1.35. The molecule has 3 aromatic rings. The van der Waals surface area contributed by atoms with Gasteiger partial charge < -0.3 is 5.32 Å². The highest BCUT2D eigenvalue weighted by Gasteiger charge is 2.31. The van der Waals surface area contributed by atoms with Crippen molar-refractivity contribution >= 4 is 5.91 Å². The average Bonchev–Trinajstić information content (AvgIpc) is 3.23. The van der Waals surface area contributed by atoms with Crippen LogP contribution in [0.2, 0.25) is 0 Å². The molecule has 0 spiro atoms. The summed E-state index contributed by atoms with van der Waals surface area (Å²) in [7, 11) is 0. The van der Waals surface area contributed by atoms with Crippen molar-refractivity contribution in [2.45, 2.75) is 32.4 Å². The Bertz CT molecular complexity index is 851. The number of aromatic nitrogens is 6. The van der Waals surface area contributed by atoms with Gasteiger partial charge in [0, 0.05) is 12.6 Å². The summed E-state index contributed by atoms with van der Waals surface area (Å²) in [6.45, 7) is 2.64. The first-order valence-corrected chi connectivity index (χ1v) is 8.31. The molecule has 1 amide bonds. The second kappa shape index (κ2) is 6.46. The minimum atomic E-state index is -0.163. The van der Waals surface area contributed by atoms with Gasteiger partial charge in [0.15, 0.2) is 5.69 Å². The number of carbonyl (C=O) groups is 1. The Morgan fingerprint density at radius 2 is 2.04 bits per heavy atom. The Hall–Kier alpha value is -3.03. The highest BCUT2D eigenvalue weighted by Crippen LogP contribution is 2.28. The van der Waals surface area contributed by atoms with E-state index in [1.165, 1.54) is 11.1 Å². The summed E-state index contributed by atoms with van der Waals surface area (Å²) < 4.78 is 1.83. The van der Waals surface area contributed by atoms with E-state index in [0.29, 0.717) is 17.3 Å². The van der Waals surface area contributed by atoms with Crippen LogP contribution in [0.1, 0.15) is 29.0 Å². The fraction of sp³-hybridized carbons (Fsp3) is 0.353. The number of nitrogens with zero attached hydrogens (tertiary/aromatic N) is 6. The van der Waals surface area contributed by atoms with Gasteiger partial charge in [-0.05, 0) is 37.8 Å². The number of benzene rings is 1. The third-order valence-corrected chi connectivity index (χ3v) is 4.47. The van der Waals surface area contributed by atoms with Gasteiger partial charge in [0.25, 0.3) is 5.91 Å². The van der Waals surface area contributed by atoms with Crippen molar-refractivity contribution in [3.8, 4) is 5.69 Å². The standard InChI is InChI=1S/C17H19N7O/c1-12-16(22-24(21-12)15-5-3-2-4-6-15)17(25)20-14-7-13(8-14)9-23-11-18-10-19-23/h2-6,10-11,13-14H,7-9H2,1H3,(H,20,25). The summed E-state index contributed by atoms with van der Waals surface area (Å²) in [6.07, 6.45) is 5.14. The molecule has 8 heteroatoms. The van der Waals surface area contributed by atoms with Gasteiger partial charge in [-0.15, -0.1) is 5.10 Å². The topological polar surface area (TPSA) is 90.5 Å². The van der Waals surface area contributed by atoms with Crippen molar-refractivity contribution in [2.75, 3.05) is 0 Å². The van der Waals surface area contributed by atoms with Crippen LogP contribution < -0.4 is 5.32 Å². The molecule has 1 fully saturated rings. The number of carbonyl (C=O) groups excluding carboxylic acids is 1. The van der Waals surface area contributed by atoms with E-state index in [0.717, 1.165) is 25.1 Å². The van der Waals surface area contributed by atoms with Gasteiger partial charge in [0.1, 0.15) is 12.7 Å². The zero-order chi connectivity index (χ0) is 17.2. The highest BCUT2D eigenvalue weighted by atomic mass is 16.2. The lowest BCUT2D eigenvalue weighted by atomic mass is 9.80. The van der Waals surface area contributed by atoms with E-state index in [-0.39, 0.29) is 11.9 Å². The normalized spacial score (nSPS) is 19.4. The van der Waals surface area contributed by atoms with Crippen molar-refractivity contribution in [3.63, 3.8) is 0 Å². The van der Waals surface area contributed by atoms with Crippen LogP contribution in [0.4, 0.5) is 0 Å². The van der Waals surface area contributed by atoms with Crippen LogP contribution in [0.3, 0.4) is 0 Å². The van der Waals surface area contributed by atoms with Crippen LogP contribution >= 0.6 is 0 Å². The number of hydrogen-bond acceptors (Lipinski definition) is 5. The lowest BCUT2D eigenvalue weighted by Gasteiger charge is -2.35. The van der Waals surface area contributed by atoms with E-state index in [1.54, 1.807) is 13.3 Å². The van der Waals surface area contributed by atoms with Crippen LogP contribution in [0.15, 0.2) is 43.0 Å². The molecule has 0 atom stereocenters. The molecule has 0 saturated heterocycles. The van der Waals surface area contributed by atoms with E-state index in [4.69, 9.17) is 0 Å². The molecule has 4 rings (SSSR count). The SMILES string of the molecule is Cc1nn(-c2ccccc2)nc1C(=O)NC1CC(Cn2cncn2)C1. The molecule has 0 bridgehead atoms. The van der Waals surface area contributed by atoms with Crippen LogP contribution in [0, 0.1) is 12.8 Å². The molecule has 1 aromatic carbocycles. The third kappa shape index (κ3) is 3.28. The smallest absolute Gasteiger partial charge is 0.273 e. The molecule has 2 heterocycles. The van der Waals surface area contributed by atoms with E-state index in [1.807, 2.05) is 35.0 Å². The maximum Gasteiger partial charge on any atom is 0.273 e. The predicted octanol–water partition coefficient (Wildman–Crippen LogP) is 1.38. The second-order valence-electron chi connectivity index (χ2n) is 6.38. The maximum absolute atomic E-state index is 12.5. The zero-order valence-corrected chi connectivity index (χ0v) is 13.9. The molecule has 8 nitrogen and oxygen atoms in total. The molecule has 25 heavy (non-hydrogen) atoms. The van der Waals surface area contributed by atoms with Crippen molar-refractivity contribution in [2.24, 2.45) is 5.92 Å². The Kier molecular flexibility index (Phi) is 4.01. The van der Waals surface area contributed by atoms with Gasteiger partial charge in [0.05, 0.1) is 11.4 Å². The fourth-order valence-corrected chi connectivity index (χ4v) is 3.11. The lowest BCUT2D eigenvalue weighted by molar-refractivity contribution is 0.0873. The molecule has 1 aliphatic carbocycles. The second-order valence-corrected chi connectivity index (χ2v) is 6.38. The van der Waals surface area contributed by atoms with Gasteiger partial charge in [-0.3, -0.25) is 9.48 Å². The first kappa shape index (κ1) is 15.5. The summed E-state index contributed by atoms with van der Waals surface area (Å²) >= 11 is 0. The number of para-hydroxylation sites is 1. The third-order valence-electron chi connectivity index (χ3n) is 4.47. The van der Waals surface area contributed by atoms with Crippen molar-refractivity contribution in [1.82, 2.24) is 35.1 Å². The summed E-state index contributed by atoms with van der Waals surface area (Å²) in [6, 6.07) is 9.75. The summed E-state index contributed by atoms with van der Waals surface area (Å²) in [4.78, 5) is 17.9. The molecule has 2 aromatic heterocycles. The first-order chi connectivity index (χ1) is 12.2. The largest absolute Gasteiger partial charge is 0.348 e. The van der Waals surface area contributed by atoms with Crippen LogP contribution in [-0.2, 0) is 6.54 Å². The van der Waals surface area contributed by atoms with Gasteiger partial charge in [-0.2, -0.15) is 15.0 Å². The highest BCUT2D eigenvalue weighted by molar-refractivity contribution is 5.93. The Morgan fingerprint density at radius 3 is 2.76 bits per heavy atom. The van der Waals surface area contributed by atoms with Crippen molar-refractivity contribution in [3.05, 3.63) is 54.4 Å². The zero-order valence-electron chi connectivity index (χ0n) is 13.9. The molecule has 0 aliphatic heterocycles. The number of aryl methyl sites for hydroxylation is 1. The van der Waals surface area contributed by atoms with Crippen LogP contribution in [0.25, 0.3) is 5.69 Å². The summed E-state index contributed by atoms with van der Waals surface area (Å²) in [5, 5.41) is 15.8. The average molecular weight is 337 g/mol. The van der Waals surface area contributed by atoms with E-state index < -0.39 is 0 Å². The fourth-order valence-electron chi connectivity index (χ4n) is 3.11. The summed E-state index contributed by atoms with van der Waals surface area (Å²) in [5.41, 5.74) is 1.84. The van der Waals surface area contributed by atoms with Gasteiger partial charge in [-0.25, -0.2) is 4.98 Å². The van der Waals surface area contributed by atoms with Gasteiger partial charge in [-0.1, -0.05) is 18.2 Å². The number of hydrogen-bond donors (Lipinski definition) is 1. The molecule has 128 valence electrons.